The van der Waals surface area contributed by atoms with E-state index in [-0.39, 0.29) is 35.1 Å². The number of carboxylic acid groups (broad SMARTS) is 1. The predicted molar refractivity (Wildman–Crippen MR) is 44.0 cm³/mol. The fourth-order valence-electron chi connectivity index (χ4n) is 0. The summed E-state index contributed by atoms with van der Waals surface area (Å²) in [7, 11) is -3.79. The number of carbonyl (C=O) groups is 1. The van der Waals surface area contributed by atoms with E-state index >= 15 is 0 Å². The van der Waals surface area contributed by atoms with Crippen LogP contribution >= 0.6 is 0 Å². The van der Waals surface area contributed by atoms with Crippen LogP contribution in [-0.4, -0.2) is 24.0 Å². The van der Waals surface area contributed by atoms with Crippen LogP contribution in [0.3, 0.4) is 0 Å². The molecule has 0 aliphatic carbocycles. The minimum Gasteiger partial charge on any atom is -0.478 e. The van der Waals surface area contributed by atoms with Gasteiger partial charge < -0.3 is 9.66 Å². The van der Waals surface area contributed by atoms with Gasteiger partial charge in [-0.15, -0.1) is 0 Å². The molecule has 0 fully saturated rings. The smallest absolute Gasteiger partial charge is 0.478 e. The van der Waals surface area contributed by atoms with E-state index in [2.05, 4.69) is 6.58 Å². The Bertz CT molecular complexity index is 244. The average Bonchev–Trinajstić information content (AvgIpc) is 1.87. The average molecular weight is 218 g/mol. The Labute approximate surface area is 99.9 Å². The molecule has 13 heavy (non-hydrogen) atoms. The maximum Gasteiger partial charge on any atom is 1.00 e. The van der Waals surface area contributed by atoms with E-state index in [1.807, 2.05) is 0 Å². The Morgan fingerprint density at radius 2 is 1.62 bits per heavy atom. The third-order valence-corrected chi connectivity index (χ3v) is 1.26. The molecule has 0 atom stereocenters. The quantitative estimate of drug-likeness (QED) is 0.235. The molecule has 5 nitrogen and oxygen atoms in total. The fraction of sp³-hybridized carbons (Fsp3) is 0.333. The van der Waals surface area contributed by atoms with Gasteiger partial charge in [0.1, 0.15) is 10.1 Å². The fourth-order valence-corrected chi connectivity index (χ4v) is 0. The zero-order valence-electron chi connectivity index (χ0n) is 7.81. The van der Waals surface area contributed by atoms with Crippen molar-refractivity contribution in [2.24, 2.45) is 0 Å². The van der Waals surface area contributed by atoms with Gasteiger partial charge in [-0.3, -0.25) is 0 Å². The number of hydrogen-bond acceptors (Lipinski definition) is 3. The first-order valence-corrected chi connectivity index (χ1v) is 4.36. The minimum atomic E-state index is -3.79. The van der Waals surface area contributed by atoms with Gasteiger partial charge in [-0.05, 0) is 6.92 Å². The zero-order valence-corrected chi connectivity index (χ0v) is 10.6. The Morgan fingerprint density at radius 3 is 1.62 bits per heavy atom. The van der Waals surface area contributed by atoms with E-state index in [9.17, 15) is 13.2 Å². The molecule has 0 radical (unpaired) electrons. The normalized spacial score (nSPS) is 8.85. The molecule has 0 aliphatic heterocycles. The molecule has 72 valence electrons. The molecule has 0 aromatic heterocycles. The summed E-state index contributed by atoms with van der Waals surface area (Å²) in [4.78, 5) is 9.60. The molecule has 0 spiro atoms. The number of rotatable bonds is 2. The van der Waals surface area contributed by atoms with E-state index in [0.717, 1.165) is 0 Å². The van der Waals surface area contributed by atoms with Crippen LogP contribution in [0.25, 0.3) is 0 Å². The zero-order chi connectivity index (χ0) is 10.4. The first-order chi connectivity index (χ1) is 5.20. The van der Waals surface area contributed by atoms with Crippen molar-refractivity contribution in [3.05, 3.63) is 17.9 Å². The van der Waals surface area contributed by atoms with Crippen molar-refractivity contribution in [1.29, 1.82) is 0 Å². The van der Waals surface area contributed by atoms with E-state index in [1.165, 1.54) is 13.8 Å². The summed E-state index contributed by atoms with van der Waals surface area (Å²) in [6, 6.07) is 0. The molecule has 0 amide bonds. The summed E-state index contributed by atoms with van der Waals surface area (Å²) in [6.45, 7) is 5.85. The second-order valence-electron chi connectivity index (χ2n) is 1.84. The van der Waals surface area contributed by atoms with Gasteiger partial charge >= 0.3 is 35.5 Å². The molecule has 0 aromatic carbocycles. The summed E-state index contributed by atoms with van der Waals surface area (Å²) in [5.74, 6) is -0.220. The van der Waals surface area contributed by atoms with Gasteiger partial charge in [0.05, 0.1) is 0 Å². The molecule has 0 bridgehead atoms. The topological polar surface area (TPSA) is 91.7 Å². The van der Waals surface area contributed by atoms with Crippen molar-refractivity contribution in [2.75, 3.05) is 0 Å². The van der Waals surface area contributed by atoms with E-state index in [1.54, 1.807) is 0 Å². The van der Waals surface area contributed by atoms with Crippen molar-refractivity contribution >= 4 is 16.1 Å². The Hall–Kier alpha value is 0.120. The molecule has 0 saturated heterocycles. The molecule has 7 heteroatoms. The monoisotopic (exact) mass is 218 g/mol. The third-order valence-electron chi connectivity index (χ3n) is 0.663. The molecule has 0 unspecified atom stereocenters. The molecular formula is C6H11NaO5S. The van der Waals surface area contributed by atoms with E-state index in [0.29, 0.717) is 5.75 Å². The SMILES string of the molecule is C=C(C)C(=O)O.C[CH-]S(=O)(=O)O.[Na+]. The number of hydrogen-bond donors (Lipinski definition) is 2. The molecule has 0 rings (SSSR count). The third kappa shape index (κ3) is 24.5. The second kappa shape index (κ2) is 8.71. The van der Waals surface area contributed by atoms with Crippen LogP contribution in [0.1, 0.15) is 13.8 Å². The predicted octanol–water partition coefficient (Wildman–Crippen LogP) is -2.29. The van der Waals surface area contributed by atoms with Crippen LogP contribution in [-0.2, 0) is 14.9 Å². The molecule has 0 heterocycles. The maximum atomic E-state index is 9.60. The van der Waals surface area contributed by atoms with Crippen molar-refractivity contribution in [3.8, 4) is 0 Å². The molecule has 2 N–H and O–H groups in total. The maximum absolute atomic E-state index is 9.60. The summed E-state index contributed by atoms with van der Waals surface area (Å²) in [5.41, 5.74) is 0.176. The van der Waals surface area contributed by atoms with Crippen molar-refractivity contribution < 1.29 is 52.4 Å². The second-order valence-corrected chi connectivity index (χ2v) is 3.34. The Morgan fingerprint density at radius 1 is 1.46 bits per heavy atom. The summed E-state index contributed by atoms with van der Waals surface area (Å²) < 4.78 is 26.7. The Kier molecular flexibility index (Phi) is 12.6. The summed E-state index contributed by atoms with van der Waals surface area (Å²) in [5, 5.41) is 7.89. The van der Waals surface area contributed by atoms with Crippen molar-refractivity contribution in [2.45, 2.75) is 13.8 Å². The molecular weight excluding hydrogens is 207 g/mol. The summed E-state index contributed by atoms with van der Waals surface area (Å²) in [6.07, 6.45) is 0. The van der Waals surface area contributed by atoms with E-state index in [4.69, 9.17) is 9.66 Å². The van der Waals surface area contributed by atoms with Crippen LogP contribution in [0.15, 0.2) is 12.2 Å². The molecule has 0 saturated carbocycles. The van der Waals surface area contributed by atoms with Gasteiger partial charge in [-0.1, -0.05) is 6.58 Å². The first-order valence-electron chi connectivity index (χ1n) is 2.86. The number of aliphatic carboxylic acids is 1. The van der Waals surface area contributed by atoms with Crippen LogP contribution in [0, 0.1) is 5.75 Å². The van der Waals surface area contributed by atoms with E-state index < -0.39 is 16.1 Å². The standard InChI is InChI=1S/C4H6O2.C2H5O3S.Na/c1-3(2)4(5)6;1-2-6(3,4)5;/h1H2,2H3,(H,5,6);2H,1H3,(H,3,4,5);/q;-1;+1. The van der Waals surface area contributed by atoms with Crippen LogP contribution in [0.4, 0.5) is 0 Å². The molecule has 0 aliphatic rings. The van der Waals surface area contributed by atoms with Crippen LogP contribution in [0.2, 0.25) is 0 Å². The van der Waals surface area contributed by atoms with Gasteiger partial charge in [-0.2, -0.15) is 12.7 Å². The van der Waals surface area contributed by atoms with Crippen molar-refractivity contribution in [3.63, 3.8) is 0 Å². The van der Waals surface area contributed by atoms with Crippen LogP contribution < -0.4 is 29.6 Å². The molecule has 0 aromatic rings. The number of carboxylic acids is 1. The van der Waals surface area contributed by atoms with Gasteiger partial charge in [0, 0.05) is 5.57 Å². The van der Waals surface area contributed by atoms with Gasteiger partial charge in [0.25, 0.3) is 0 Å². The summed E-state index contributed by atoms with van der Waals surface area (Å²) >= 11 is 0. The Balaban J connectivity index is -0.000000143. The minimum absolute atomic E-state index is 0. The van der Waals surface area contributed by atoms with Crippen molar-refractivity contribution in [1.82, 2.24) is 0 Å². The first kappa shape index (κ1) is 18.8. The van der Waals surface area contributed by atoms with Gasteiger partial charge in [-0.25, -0.2) is 13.2 Å². The largest absolute Gasteiger partial charge is 1.00 e. The van der Waals surface area contributed by atoms with Gasteiger partial charge in [0.15, 0.2) is 0 Å². The van der Waals surface area contributed by atoms with Crippen LogP contribution in [0.5, 0.6) is 0 Å². The van der Waals surface area contributed by atoms with Gasteiger partial charge in [0.2, 0.25) is 0 Å².